The maximum Gasteiger partial charge on any atom is 0.416 e. The Morgan fingerprint density at radius 2 is 1.34 bits per heavy atom. The van der Waals surface area contributed by atoms with E-state index in [2.05, 4.69) is 69.1 Å². The maximum absolute atomic E-state index is 12.9. The predicted molar refractivity (Wildman–Crippen MR) is 139 cm³/mol. The van der Waals surface area contributed by atoms with E-state index < -0.39 is 11.7 Å². The van der Waals surface area contributed by atoms with Crippen LogP contribution in [0.4, 0.5) is 13.2 Å². The molecule has 3 rings (SSSR count). The largest absolute Gasteiger partial charge is 0.416 e. The molecule has 0 aliphatic carbocycles. The Hall–Kier alpha value is -3.01. The molecule has 0 aromatic heterocycles. The first-order valence-corrected chi connectivity index (χ1v) is 12.4. The highest BCUT2D eigenvalue weighted by atomic mass is 19.4. The van der Waals surface area contributed by atoms with Crippen LogP contribution in [0.3, 0.4) is 0 Å². The third kappa shape index (κ3) is 8.02. The van der Waals surface area contributed by atoms with E-state index in [-0.39, 0.29) is 11.8 Å². The van der Waals surface area contributed by atoms with E-state index in [0.29, 0.717) is 12.3 Å². The van der Waals surface area contributed by atoms with Crippen molar-refractivity contribution in [2.45, 2.75) is 58.0 Å². The molecule has 1 N–H and O–H groups in total. The molecule has 0 unspecified atom stereocenters. The maximum atomic E-state index is 12.9. The van der Waals surface area contributed by atoms with Gasteiger partial charge in [0.1, 0.15) is 0 Å². The minimum atomic E-state index is -4.31. The zero-order chi connectivity index (χ0) is 25.4. The van der Waals surface area contributed by atoms with Crippen LogP contribution < -0.4 is 5.32 Å². The first-order chi connectivity index (χ1) is 16.6. The number of benzene rings is 3. The molecule has 0 spiro atoms. The number of allylic oxidation sites excluding steroid dienone is 1. The Labute approximate surface area is 208 Å². The number of alkyl halides is 3. The lowest BCUT2D eigenvalue weighted by atomic mass is 9.89. The molecule has 35 heavy (non-hydrogen) atoms. The lowest BCUT2D eigenvalue weighted by Gasteiger charge is -2.22. The summed E-state index contributed by atoms with van der Waals surface area (Å²) < 4.78 is 38.8. The third-order valence-electron chi connectivity index (χ3n) is 6.53. The second kappa shape index (κ2) is 12.1. The van der Waals surface area contributed by atoms with Crippen molar-refractivity contribution >= 4 is 0 Å². The number of hydrogen-bond donors (Lipinski definition) is 1. The van der Waals surface area contributed by atoms with Crippen LogP contribution in [0.15, 0.2) is 91.1 Å². The molecule has 0 saturated carbocycles. The van der Waals surface area contributed by atoms with E-state index in [4.69, 9.17) is 0 Å². The van der Waals surface area contributed by atoms with Crippen molar-refractivity contribution in [1.29, 1.82) is 0 Å². The van der Waals surface area contributed by atoms with Gasteiger partial charge in [0.15, 0.2) is 0 Å². The van der Waals surface area contributed by atoms with Crippen molar-refractivity contribution in [2.75, 3.05) is 6.54 Å². The zero-order valence-electron chi connectivity index (χ0n) is 20.9. The summed E-state index contributed by atoms with van der Waals surface area (Å²) in [6, 6.07) is 24.5. The number of hydrogen-bond acceptors (Lipinski definition) is 1. The summed E-state index contributed by atoms with van der Waals surface area (Å²) in [4.78, 5) is 0. The van der Waals surface area contributed by atoms with Gasteiger partial charge in [-0.25, -0.2) is 0 Å². The third-order valence-corrected chi connectivity index (χ3v) is 6.53. The van der Waals surface area contributed by atoms with Crippen molar-refractivity contribution in [2.24, 2.45) is 5.92 Å². The van der Waals surface area contributed by atoms with Crippen LogP contribution in [0.5, 0.6) is 0 Å². The summed E-state index contributed by atoms with van der Waals surface area (Å²) in [5, 5.41) is 3.50. The molecule has 0 aliphatic heterocycles. The van der Waals surface area contributed by atoms with E-state index in [1.54, 1.807) is 12.1 Å². The van der Waals surface area contributed by atoms with Gasteiger partial charge in [-0.2, -0.15) is 13.2 Å². The highest BCUT2D eigenvalue weighted by molar-refractivity contribution is 5.31. The summed E-state index contributed by atoms with van der Waals surface area (Å²) in [5.41, 5.74) is 5.04. The lowest BCUT2D eigenvalue weighted by Crippen LogP contribution is -2.20. The van der Waals surface area contributed by atoms with Crippen LogP contribution in [0.2, 0.25) is 0 Å². The van der Waals surface area contributed by atoms with Gasteiger partial charge in [0.05, 0.1) is 5.56 Å². The molecule has 0 heterocycles. The summed E-state index contributed by atoms with van der Waals surface area (Å²) in [6.45, 7) is 11.6. The fourth-order valence-electron chi connectivity index (χ4n) is 4.40. The molecule has 3 aromatic rings. The average molecular weight is 480 g/mol. The molecule has 0 bridgehead atoms. The molecule has 2 atom stereocenters. The zero-order valence-corrected chi connectivity index (χ0v) is 20.9. The average Bonchev–Trinajstić information content (AvgIpc) is 2.83. The Bertz CT molecular complexity index is 1050. The van der Waals surface area contributed by atoms with Crippen LogP contribution in [0.1, 0.15) is 66.8 Å². The molecule has 186 valence electrons. The molecule has 0 aliphatic rings. The summed E-state index contributed by atoms with van der Waals surface area (Å²) in [5.74, 6) is 1.02. The lowest BCUT2D eigenvalue weighted by molar-refractivity contribution is -0.137. The highest BCUT2D eigenvalue weighted by Gasteiger charge is 2.30. The van der Waals surface area contributed by atoms with E-state index in [1.165, 1.54) is 28.8 Å². The molecule has 1 nitrogen and oxygen atoms in total. The van der Waals surface area contributed by atoms with E-state index in [9.17, 15) is 13.2 Å². The minimum Gasteiger partial charge on any atom is -0.388 e. The minimum absolute atomic E-state index is 0.188. The van der Waals surface area contributed by atoms with Crippen molar-refractivity contribution in [3.05, 3.63) is 119 Å². The normalized spacial score (nSPS) is 13.5. The van der Waals surface area contributed by atoms with Gasteiger partial charge in [-0.15, -0.1) is 0 Å². The molecule has 4 heteroatoms. The van der Waals surface area contributed by atoms with Crippen molar-refractivity contribution in [1.82, 2.24) is 5.32 Å². The monoisotopic (exact) mass is 479 g/mol. The van der Waals surface area contributed by atoms with Crippen LogP contribution >= 0.6 is 0 Å². The smallest absolute Gasteiger partial charge is 0.388 e. The number of halogens is 3. The first kappa shape index (κ1) is 26.6. The van der Waals surface area contributed by atoms with Gasteiger partial charge in [-0.1, -0.05) is 94.1 Å². The van der Waals surface area contributed by atoms with E-state index >= 15 is 0 Å². The van der Waals surface area contributed by atoms with Gasteiger partial charge in [0.25, 0.3) is 0 Å². The van der Waals surface area contributed by atoms with Crippen LogP contribution in [0, 0.1) is 5.92 Å². The van der Waals surface area contributed by atoms with Gasteiger partial charge in [-0.3, -0.25) is 0 Å². The van der Waals surface area contributed by atoms with Crippen LogP contribution in [0.25, 0.3) is 0 Å². The van der Waals surface area contributed by atoms with Crippen LogP contribution in [-0.2, 0) is 19.0 Å². The van der Waals surface area contributed by atoms with Crippen molar-refractivity contribution < 1.29 is 13.2 Å². The molecule has 3 aromatic carbocycles. The van der Waals surface area contributed by atoms with E-state index in [1.807, 2.05) is 18.2 Å². The Morgan fingerprint density at radius 3 is 1.91 bits per heavy atom. The first-order valence-electron chi connectivity index (χ1n) is 12.4. The second-order valence-corrected chi connectivity index (χ2v) is 9.81. The fourth-order valence-corrected chi connectivity index (χ4v) is 4.40. The predicted octanol–water partition coefficient (Wildman–Crippen LogP) is 8.53. The van der Waals surface area contributed by atoms with Gasteiger partial charge < -0.3 is 5.32 Å². The topological polar surface area (TPSA) is 12.0 Å². The molecular weight excluding hydrogens is 443 g/mol. The second-order valence-electron chi connectivity index (χ2n) is 9.81. The summed E-state index contributed by atoms with van der Waals surface area (Å²) >= 11 is 0. The Kier molecular flexibility index (Phi) is 9.20. The summed E-state index contributed by atoms with van der Waals surface area (Å²) in [7, 11) is 0. The molecular formula is C31H36F3N. The molecule has 0 amide bonds. The summed E-state index contributed by atoms with van der Waals surface area (Å²) in [6.07, 6.45) is -1.70. The molecule has 0 saturated heterocycles. The standard InChI is InChI=1S/C31H36F3N/c1-22(2)20-25-10-14-27(15-11-25)23(3)24(4)35-19-18-29(28-8-6-5-7-9-28)21-26-12-16-30(17-13-26)31(32,33)34/h5-17,22-23,29,35H,4,18-21H2,1-3H3/t23-,29+/m1/s1. The van der Waals surface area contributed by atoms with E-state index in [0.717, 1.165) is 30.6 Å². The van der Waals surface area contributed by atoms with Gasteiger partial charge >= 0.3 is 6.18 Å². The Morgan fingerprint density at radius 1 is 0.771 bits per heavy atom. The van der Waals surface area contributed by atoms with Crippen molar-refractivity contribution in [3.63, 3.8) is 0 Å². The quantitative estimate of drug-likeness (QED) is 0.291. The molecule has 0 radical (unpaired) electrons. The van der Waals surface area contributed by atoms with Crippen molar-refractivity contribution in [3.8, 4) is 0 Å². The number of nitrogens with one attached hydrogen (secondary N) is 1. The SMILES string of the molecule is C=C(NCC[C@@H](Cc1ccc(C(F)(F)F)cc1)c1ccccc1)[C@@H](C)c1ccc(CC(C)C)cc1. The van der Waals surface area contributed by atoms with Gasteiger partial charge in [0, 0.05) is 18.2 Å². The van der Waals surface area contributed by atoms with Gasteiger partial charge in [-0.05, 0) is 65.5 Å². The fraction of sp³-hybridized carbons (Fsp3) is 0.355. The number of rotatable bonds is 11. The highest BCUT2D eigenvalue weighted by Crippen LogP contribution is 2.31. The van der Waals surface area contributed by atoms with Gasteiger partial charge in [0.2, 0.25) is 0 Å². The van der Waals surface area contributed by atoms with Crippen LogP contribution in [-0.4, -0.2) is 6.54 Å². The molecule has 0 fully saturated rings. The Balaban J connectivity index is 1.61.